The first-order valence-electron chi connectivity index (χ1n) is 6.70. The standard InChI is InChI=1S/C14H19N5/c1-10-5-6-11(2)12(9-10)19-13(15)16-14(17-19)18-7-3-4-8-18/h5-6,9H,3-4,7-8H2,1-2H3,(H2,15,16,17). The molecule has 0 bridgehead atoms. The first-order valence-corrected chi connectivity index (χ1v) is 6.70. The Hall–Kier alpha value is -2.04. The topological polar surface area (TPSA) is 60.0 Å². The summed E-state index contributed by atoms with van der Waals surface area (Å²) in [4.78, 5) is 6.59. The monoisotopic (exact) mass is 257 g/mol. The number of anilines is 2. The summed E-state index contributed by atoms with van der Waals surface area (Å²) >= 11 is 0. The van der Waals surface area contributed by atoms with Crippen LogP contribution in [0, 0.1) is 13.8 Å². The molecule has 1 aliphatic rings. The Morgan fingerprint density at radius 3 is 2.63 bits per heavy atom. The second-order valence-electron chi connectivity index (χ2n) is 5.17. The van der Waals surface area contributed by atoms with E-state index < -0.39 is 0 Å². The number of aryl methyl sites for hydroxylation is 2. The zero-order chi connectivity index (χ0) is 13.4. The Morgan fingerprint density at radius 1 is 1.16 bits per heavy atom. The normalized spacial score (nSPS) is 15.2. The van der Waals surface area contributed by atoms with Crippen molar-refractivity contribution in [1.29, 1.82) is 0 Å². The Morgan fingerprint density at radius 2 is 1.89 bits per heavy atom. The van der Waals surface area contributed by atoms with Crippen molar-refractivity contribution in [2.75, 3.05) is 23.7 Å². The molecule has 0 radical (unpaired) electrons. The van der Waals surface area contributed by atoms with Crippen molar-refractivity contribution in [2.24, 2.45) is 0 Å². The van der Waals surface area contributed by atoms with Gasteiger partial charge in [0, 0.05) is 13.1 Å². The van der Waals surface area contributed by atoms with Gasteiger partial charge in [0.05, 0.1) is 5.69 Å². The number of nitrogen functional groups attached to an aromatic ring is 1. The van der Waals surface area contributed by atoms with Crippen LogP contribution in [-0.2, 0) is 0 Å². The highest BCUT2D eigenvalue weighted by atomic mass is 15.5. The quantitative estimate of drug-likeness (QED) is 0.894. The van der Waals surface area contributed by atoms with E-state index >= 15 is 0 Å². The van der Waals surface area contributed by atoms with Gasteiger partial charge in [-0.25, -0.2) is 0 Å². The van der Waals surface area contributed by atoms with E-state index in [1.165, 1.54) is 18.4 Å². The second-order valence-corrected chi connectivity index (χ2v) is 5.17. The predicted molar refractivity (Wildman–Crippen MR) is 76.7 cm³/mol. The minimum absolute atomic E-state index is 0.454. The molecule has 0 unspecified atom stereocenters. The van der Waals surface area contributed by atoms with Crippen LogP contribution < -0.4 is 10.6 Å². The lowest BCUT2D eigenvalue weighted by molar-refractivity contribution is 0.842. The number of nitrogens with zero attached hydrogens (tertiary/aromatic N) is 4. The van der Waals surface area contributed by atoms with Gasteiger partial charge < -0.3 is 10.6 Å². The molecule has 2 heterocycles. The fourth-order valence-corrected chi connectivity index (χ4v) is 2.49. The third kappa shape index (κ3) is 2.16. The third-order valence-electron chi connectivity index (χ3n) is 3.60. The Balaban J connectivity index is 2.02. The van der Waals surface area contributed by atoms with Crippen LogP contribution in [0.3, 0.4) is 0 Å². The number of nitrogens with two attached hydrogens (primary N) is 1. The first kappa shape index (κ1) is 12.0. The molecule has 0 saturated carbocycles. The molecule has 19 heavy (non-hydrogen) atoms. The van der Waals surface area contributed by atoms with Gasteiger partial charge in [-0.1, -0.05) is 12.1 Å². The molecule has 0 spiro atoms. The van der Waals surface area contributed by atoms with Gasteiger partial charge >= 0.3 is 0 Å². The molecule has 5 heteroatoms. The van der Waals surface area contributed by atoms with E-state index in [0.717, 1.165) is 30.3 Å². The molecule has 1 saturated heterocycles. The average Bonchev–Trinajstić information content (AvgIpc) is 3.01. The van der Waals surface area contributed by atoms with Gasteiger partial charge in [0.25, 0.3) is 0 Å². The van der Waals surface area contributed by atoms with Crippen LogP contribution >= 0.6 is 0 Å². The Labute approximate surface area is 113 Å². The van der Waals surface area contributed by atoms with Crippen LogP contribution in [0.2, 0.25) is 0 Å². The van der Waals surface area contributed by atoms with Gasteiger partial charge in [-0.2, -0.15) is 9.67 Å². The average molecular weight is 257 g/mol. The van der Waals surface area contributed by atoms with Crippen LogP contribution in [0.1, 0.15) is 24.0 Å². The molecule has 1 aromatic heterocycles. The van der Waals surface area contributed by atoms with Gasteiger partial charge in [-0.3, -0.25) is 0 Å². The van der Waals surface area contributed by atoms with E-state index in [2.05, 4.69) is 47.0 Å². The summed E-state index contributed by atoms with van der Waals surface area (Å²) in [7, 11) is 0. The number of benzene rings is 1. The maximum Gasteiger partial charge on any atom is 0.246 e. The molecular weight excluding hydrogens is 238 g/mol. The molecule has 0 amide bonds. The van der Waals surface area contributed by atoms with Crippen LogP contribution in [0.5, 0.6) is 0 Å². The highest BCUT2D eigenvalue weighted by Gasteiger charge is 2.19. The van der Waals surface area contributed by atoms with Crippen molar-refractivity contribution in [3.63, 3.8) is 0 Å². The highest BCUT2D eigenvalue weighted by molar-refractivity contribution is 5.48. The van der Waals surface area contributed by atoms with Crippen molar-refractivity contribution in [3.05, 3.63) is 29.3 Å². The summed E-state index contributed by atoms with van der Waals surface area (Å²) in [5.41, 5.74) is 9.37. The summed E-state index contributed by atoms with van der Waals surface area (Å²) < 4.78 is 1.75. The minimum atomic E-state index is 0.454. The SMILES string of the molecule is Cc1ccc(C)c(-n2nc(N3CCCC3)nc2N)c1. The van der Waals surface area contributed by atoms with Crippen molar-refractivity contribution in [1.82, 2.24) is 14.8 Å². The summed E-state index contributed by atoms with van der Waals surface area (Å²) in [6.07, 6.45) is 2.41. The van der Waals surface area contributed by atoms with Crippen molar-refractivity contribution >= 4 is 11.9 Å². The molecule has 2 N–H and O–H groups in total. The van der Waals surface area contributed by atoms with E-state index in [1.54, 1.807) is 4.68 Å². The third-order valence-corrected chi connectivity index (χ3v) is 3.60. The molecule has 2 aromatic rings. The maximum absolute atomic E-state index is 6.02. The van der Waals surface area contributed by atoms with E-state index in [9.17, 15) is 0 Å². The zero-order valence-electron chi connectivity index (χ0n) is 11.4. The molecule has 1 aromatic carbocycles. The number of hydrogen-bond acceptors (Lipinski definition) is 4. The van der Waals surface area contributed by atoms with Crippen molar-refractivity contribution < 1.29 is 0 Å². The molecular formula is C14H19N5. The Bertz CT molecular complexity index is 596. The first-order chi connectivity index (χ1) is 9.15. The molecule has 0 aliphatic carbocycles. The molecule has 3 rings (SSSR count). The van der Waals surface area contributed by atoms with Crippen molar-refractivity contribution in [3.8, 4) is 5.69 Å². The van der Waals surface area contributed by atoms with E-state index in [4.69, 9.17) is 5.73 Å². The summed E-state index contributed by atoms with van der Waals surface area (Å²) in [5, 5.41) is 4.57. The molecule has 1 fully saturated rings. The zero-order valence-corrected chi connectivity index (χ0v) is 11.4. The minimum Gasteiger partial charge on any atom is -0.368 e. The van der Waals surface area contributed by atoms with Gasteiger partial charge in [0.2, 0.25) is 11.9 Å². The number of aromatic nitrogens is 3. The largest absolute Gasteiger partial charge is 0.368 e. The summed E-state index contributed by atoms with van der Waals surface area (Å²) in [6, 6.07) is 6.27. The van der Waals surface area contributed by atoms with Crippen LogP contribution in [0.15, 0.2) is 18.2 Å². The van der Waals surface area contributed by atoms with E-state index in [-0.39, 0.29) is 0 Å². The van der Waals surface area contributed by atoms with Gasteiger partial charge in [-0.15, -0.1) is 5.10 Å². The molecule has 5 nitrogen and oxygen atoms in total. The lowest BCUT2D eigenvalue weighted by Gasteiger charge is -2.11. The molecule has 0 atom stereocenters. The highest BCUT2D eigenvalue weighted by Crippen LogP contribution is 2.22. The van der Waals surface area contributed by atoms with Gasteiger partial charge in [-0.05, 0) is 43.9 Å². The Kier molecular flexibility index (Phi) is 2.89. The fraction of sp³-hybridized carbons (Fsp3) is 0.429. The predicted octanol–water partition coefficient (Wildman–Crippen LogP) is 2.07. The van der Waals surface area contributed by atoms with Crippen LogP contribution in [0.4, 0.5) is 11.9 Å². The molecule has 100 valence electrons. The van der Waals surface area contributed by atoms with Gasteiger partial charge in [0.15, 0.2) is 0 Å². The van der Waals surface area contributed by atoms with E-state index in [0.29, 0.717) is 5.95 Å². The summed E-state index contributed by atoms with van der Waals surface area (Å²) in [5.74, 6) is 1.20. The smallest absolute Gasteiger partial charge is 0.246 e. The summed E-state index contributed by atoms with van der Waals surface area (Å²) in [6.45, 7) is 6.18. The van der Waals surface area contributed by atoms with Crippen LogP contribution in [-0.4, -0.2) is 27.9 Å². The maximum atomic E-state index is 6.02. The lowest BCUT2D eigenvalue weighted by Crippen LogP contribution is -2.19. The number of rotatable bonds is 2. The van der Waals surface area contributed by atoms with Gasteiger partial charge in [0.1, 0.15) is 0 Å². The van der Waals surface area contributed by atoms with Crippen molar-refractivity contribution in [2.45, 2.75) is 26.7 Å². The second kappa shape index (κ2) is 4.57. The van der Waals surface area contributed by atoms with E-state index in [1.807, 2.05) is 0 Å². The fourth-order valence-electron chi connectivity index (χ4n) is 2.49. The number of hydrogen-bond donors (Lipinski definition) is 1. The van der Waals surface area contributed by atoms with Crippen LogP contribution in [0.25, 0.3) is 5.69 Å². The molecule has 1 aliphatic heterocycles. The lowest BCUT2D eigenvalue weighted by atomic mass is 10.1.